The van der Waals surface area contributed by atoms with Gasteiger partial charge in [-0.05, 0) is 59.8 Å². The number of rotatable bonds is 6. The number of likely N-dealkylation sites (tertiary alicyclic amines) is 1. The molecule has 0 radical (unpaired) electrons. The van der Waals surface area contributed by atoms with E-state index in [9.17, 15) is 18.0 Å². The minimum atomic E-state index is -3.25. The first-order chi connectivity index (χ1) is 13.0. The van der Waals surface area contributed by atoms with Gasteiger partial charge in [0.15, 0.2) is 9.84 Å². The lowest BCUT2D eigenvalue weighted by atomic mass is 9.98. The predicted molar refractivity (Wildman–Crippen MR) is 107 cm³/mol. The van der Waals surface area contributed by atoms with Gasteiger partial charge in [-0.1, -0.05) is 12.8 Å². The van der Waals surface area contributed by atoms with Crippen LogP contribution in [0.3, 0.4) is 0 Å². The van der Waals surface area contributed by atoms with E-state index in [4.69, 9.17) is 9.47 Å². The van der Waals surface area contributed by atoms with E-state index in [0.717, 1.165) is 32.1 Å². The molecular weight excluding hydrogens is 382 g/mol. The summed E-state index contributed by atoms with van der Waals surface area (Å²) in [5.74, 6) is -0.687. The molecule has 0 aromatic carbocycles. The average Bonchev–Trinajstić information content (AvgIpc) is 3.14. The molecule has 2 aliphatic rings. The van der Waals surface area contributed by atoms with Crippen molar-refractivity contribution in [1.82, 2.24) is 4.90 Å². The highest BCUT2D eigenvalue weighted by Gasteiger charge is 2.35. The largest absolute Gasteiger partial charge is 0.460 e. The molecule has 1 saturated carbocycles. The average molecular weight is 418 g/mol. The van der Waals surface area contributed by atoms with Crippen molar-refractivity contribution in [2.75, 3.05) is 12.3 Å². The van der Waals surface area contributed by atoms with Crippen LogP contribution in [-0.4, -0.2) is 60.7 Å². The van der Waals surface area contributed by atoms with Crippen molar-refractivity contribution < 1.29 is 27.5 Å². The number of amides is 1. The Balaban J connectivity index is 1.89. The summed E-state index contributed by atoms with van der Waals surface area (Å²) in [4.78, 5) is 26.4. The second kappa shape index (κ2) is 9.46. The third-order valence-electron chi connectivity index (χ3n) is 5.44. The molecule has 1 amide bonds. The van der Waals surface area contributed by atoms with E-state index < -0.39 is 33.6 Å². The maximum absolute atomic E-state index is 12.5. The second-order valence-electron chi connectivity index (χ2n) is 8.96. The number of nitrogens with zero attached hydrogens (tertiary/aromatic N) is 1. The Morgan fingerprint density at radius 3 is 2.29 bits per heavy atom. The first-order valence-corrected chi connectivity index (χ1v) is 12.1. The van der Waals surface area contributed by atoms with Crippen molar-refractivity contribution in [3.8, 4) is 0 Å². The molecule has 0 aromatic heterocycles. The summed E-state index contributed by atoms with van der Waals surface area (Å²) in [6, 6.07) is -0.251. The van der Waals surface area contributed by atoms with E-state index in [0.29, 0.717) is 19.4 Å². The van der Waals surface area contributed by atoms with Gasteiger partial charge >= 0.3 is 12.1 Å². The minimum absolute atomic E-state index is 0.137. The van der Waals surface area contributed by atoms with Crippen LogP contribution in [0.2, 0.25) is 0 Å². The zero-order valence-corrected chi connectivity index (χ0v) is 18.4. The molecule has 1 aliphatic heterocycles. The zero-order chi connectivity index (χ0) is 20.9. The van der Waals surface area contributed by atoms with E-state index in [1.807, 2.05) is 20.8 Å². The van der Waals surface area contributed by atoms with Crippen LogP contribution in [0.4, 0.5) is 4.79 Å². The van der Waals surface area contributed by atoms with Crippen molar-refractivity contribution in [3.63, 3.8) is 0 Å². The first-order valence-electron chi connectivity index (χ1n) is 10.4. The summed E-state index contributed by atoms with van der Waals surface area (Å²) in [5, 5.41) is -0.307. The first kappa shape index (κ1) is 23.0. The third-order valence-corrected chi connectivity index (χ3v) is 7.70. The Labute approximate surface area is 169 Å². The topological polar surface area (TPSA) is 90.0 Å². The quantitative estimate of drug-likeness (QED) is 0.615. The fourth-order valence-corrected chi connectivity index (χ4v) is 5.81. The maximum atomic E-state index is 12.5. The molecule has 2 rings (SSSR count). The van der Waals surface area contributed by atoms with Crippen LogP contribution >= 0.6 is 0 Å². The van der Waals surface area contributed by atoms with Gasteiger partial charge in [-0.15, -0.1) is 0 Å². The Morgan fingerprint density at radius 1 is 1.07 bits per heavy atom. The summed E-state index contributed by atoms with van der Waals surface area (Å²) in [7, 11) is -3.25. The Hall–Kier alpha value is -1.31. The number of carbonyl (C=O) groups is 2. The summed E-state index contributed by atoms with van der Waals surface area (Å²) < 4.78 is 35.6. The van der Waals surface area contributed by atoms with Gasteiger partial charge < -0.3 is 14.4 Å². The van der Waals surface area contributed by atoms with Crippen molar-refractivity contribution in [2.45, 2.75) is 102 Å². The van der Waals surface area contributed by atoms with Gasteiger partial charge in [0.1, 0.15) is 11.7 Å². The molecule has 0 N–H and O–H groups in total. The highest BCUT2D eigenvalue weighted by molar-refractivity contribution is 7.92. The lowest BCUT2D eigenvalue weighted by molar-refractivity contribution is -0.151. The van der Waals surface area contributed by atoms with Gasteiger partial charge in [-0.2, -0.15) is 0 Å². The van der Waals surface area contributed by atoms with Crippen LogP contribution in [0.15, 0.2) is 0 Å². The van der Waals surface area contributed by atoms with Crippen molar-refractivity contribution in [3.05, 3.63) is 0 Å². The fourth-order valence-electron chi connectivity index (χ4n) is 3.98. The molecule has 2 fully saturated rings. The monoisotopic (exact) mass is 417 g/mol. The summed E-state index contributed by atoms with van der Waals surface area (Å²) in [6.45, 7) is 7.78. The normalized spacial score (nSPS) is 22.7. The molecule has 7 nitrogen and oxygen atoms in total. The fraction of sp³-hybridized carbons (Fsp3) is 0.900. The van der Waals surface area contributed by atoms with E-state index in [-0.39, 0.29) is 23.5 Å². The highest BCUT2D eigenvalue weighted by Crippen LogP contribution is 2.26. The third kappa shape index (κ3) is 6.64. The number of ether oxygens (including phenoxy) is 2. The van der Waals surface area contributed by atoms with E-state index in [1.54, 1.807) is 11.8 Å². The number of hydrogen-bond donors (Lipinski definition) is 0. The van der Waals surface area contributed by atoms with Crippen molar-refractivity contribution in [2.24, 2.45) is 0 Å². The molecule has 1 saturated heterocycles. The Morgan fingerprint density at radius 2 is 1.68 bits per heavy atom. The highest BCUT2D eigenvalue weighted by atomic mass is 32.2. The summed E-state index contributed by atoms with van der Waals surface area (Å²) in [5.41, 5.74) is -0.590. The zero-order valence-electron chi connectivity index (χ0n) is 17.6. The Kier molecular flexibility index (Phi) is 7.76. The molecule has 0 unspecified atom stereocenters. The maximum Gasteiger partial charge on any atom is 0.410 e. The standard InChI is InChI=1S/C20H35NO6S/c1-15(17-11-7-8-13-21(17)19(23)27-20(2,3)4)26-18(22)12-14-28(24,25)16-9-5-6-10-16/h15-17H,5-14H2,1-4H3/t15-,17-/m1/s1. The SMILES string of the molecule is C[C@@H](OC(=O)CCS(=O)(=O)C1CCCC1)[C@H]1CCCCN1C(=O)OC(C)(C)C. The molecule has 0 spiro atoms. The van der Waals surface area contributed by atoms with Gasteiger partial charge in [0.05, 0.1) is 23.5 Å². The molecule has 28 heavy (non-hydrogen) atoms. The van der Waals surface area contributed by atoms with Gasteiger partial charge in [0.2, 0.25) is 0 Å². The van der Waals surface area contributed by atoms with Gasteiger partial charge in [-0.25, -0.2) is 13.2 Å². The smallest absolute Gasteiger partial charge is 0.410 e. The van der Waals surface area contributed by atoms with Crippen LogP contribution in [0.25, 0.3) is 0 Å². The number of hydrogen-bond acceptors (Lipinski definition) is 6. The van der Waals surface area contributed by atoms with E-state index in [2.05, 4.69) is 0 Å². The number of piperidine rings is 1. The second-order valence-corrected chi connectivity index (χ2v) is 11.4. The predicted octanol–water partition coefficient (Wildman–Crippen LogP) is 3.46. The van der Waals surface area contributed by atoms with Crippen LogP contribution in [0, 0.1) is 0 Å². The number of esters is 1. The van der Waals surface area contributed by atoms with Gasteiger partial charge in [-0.3, -0.25) is 4.79 Å². The lowest BCUT2D eigenvalue weighted by Gasteiger charge is -2.39. The van der Waals surface area contributed by atoms with Gasteiger partial charge in [0.25, 0.3) is 0 Å². The van der Waals surface area contributed by atoms with Crippen molar-refractivity contribution in [1.29, 1.82) is 0 Å². The van der Waals surface area contributed by atoms with Crippen LogP contribution in [0.1, 0.15) is 79.1 Å². The molecule has 1 heterocycles. The van der Waals surface area contributed by atoms with Crippen molar-refractivity contribution >= 4 is 21.9 Å². The lowest BCUT2D eigenvalue weighted by Crippen LogP contribution is -2.51. The van der Waals surface area contributed by atoms with E-state index in [1.165, 1.54) is 0 Å². The molecule has 162 valence electrons. The number of carbonyl (C=O) groups excluding carboxylic acids is 2. The molecule has 8 heteroatoms. The summed E-state index contributed by atoms with van der Waals surface area (Å²) >= 11 is 0. The summed E-state index contributed by atoms with van der Waals surface area (Å²) in [6.07, 6.45) is 4.79. The van der Waals surface area contributed by atoms with Crippen LogP contribution in [-0.2, 0) is 24.1 Å². The molecule has 2 atom stereocenters. The molecule has 0 bridgehead atoms. The Bertz CT molecular complexity index is 648. The van der Waals surface area contributed by atoms with E-state index >= 15 is 0 Å². The minimum Gasteiger partial charge on any atom is -0.460 e. The van der Waals surface area contributed by atoms with Gasteiger partial charge in [0, 0.05) is 6.54 Å². The van der Waals surface area contributed by atoms with Crippen LogP contribution in [0.5, 0.6) is 0 Å². The molecule has 1 aliphatic carbocycles. The molecule has 0 aromatic rings. The van der Waals surface area contributed by atoms with Crippen LogP contribution < -0.4 is 0 Å². The molecular formula is C20H35NO6S. The number of sulfone groups is 1.